The van der Waals surface area contributed by atoms with Gasteiger partial charge in [-0.3, -0.25) is 4.79 Å². The maximum absolute atomic E-state index is 12.9. The fourth-order valence-corrected chi connectivity index (χ4v) is 5.51. The third-order valence-electron chi connectivity index (χ3n) is 5.46. The predicted octanol–water partition coefficient (Wildman–Crippen LogP) is 3.37. The van der Waals surface area contributed by atoms with E-state index in [-0.39, 0.29) is 10.8 Å². The minimum atomic E-state index is -3.78. The standard InChI is InChI=1S/C20H30N4O3S2/c1-3-12-24-18-11-10-16(29(21,26)27)13-17(18)22-20(24)28-14-19(25)23(4-2)15-8-6-5-7-9-15/h10-11,13,15H,3-9,12,14H2,1-2H3,(H2,21,26,27). The Labute approximate surface area is 177 Å². The summed E-state index contributed by atoms with van der Waals surface area (Å²) >= 11 is 1.42. The Morgan fingerprint density at radius 1 is 1.28 bits per heavy atom. The fourth-order valence-electron chi connectivity index (χ4n) is 4.05. The number of hydrogen-bond acceptors (Lipinski definition) is 5. The molecule has 0 bridgehead atoms. The maximum atomic E-state index is 12.9. The quantitative estimate of drug-likeness (QED) is 0.637. The number of thioether (sulfide) groups is 1. The van der Waals surface area contributed by atoms with Gasteiger partial charge in [-0.2, -0.15) is 0 Å². The second-order valence-corrected chi connectivity index (χ2v) is 10.0. The van der Waals surface area contributed by atoms with Crippen LogP contribution in [0, 0.1) is 0 Å². The number of imidazole rings is 1. The zero-order valence-corrected chi connectivity index (χ0v) is 18.8. The highest BCUT2D eigenvalue weighted by atomic mass is 32.2. The van der Waals surface area contributed by atoms with E-state index in [0.29, 0.717) is 17.3 Å². The molecule has 9 heteroatoms. The van der Waals surface area contributed by atoms with Crippen molar-refractivity contribution in [3.05, 3.63) is 18.2 Å². The smallest absolute Gasteiger partial charge is 0.238 e. The molecule has 1 heterocycles. The van der Waals surface area contributed by atoms with Crippen molar-refractivity contribution in [3.63, 3.8) is 0 Å². The van der Waals surface area contributed by atoms with E-state index < -0.39 is 10.0 Å². The van der Waals surface area contributed by atoms with Crippen LogP contribution in [0.5, 0.6) is 0 Å². The van der Waals surface area contributed by atoms with Gasteiger partial charge in [0, 0.05) is 19.1 Å². The van der Waals surface area contributed by atoms with Gasteiger partial charge in [0.2, 0.25) is 15.9 Å². The second kappa shape index (κ2) is 9.49. The fraction of sp³-hybridized carbons (Fsp3) is 0.600. The van der Waals surface area contributed by atoms with Crippen LogP contribution in [0.25, 0.3) is 11.0 Å². The zero-order valence-electron chi connectivity index (χ0n) is 17.1. The van der Waals surface area contributed by atoms with Crippen molar-refractivity contribution in [2.75, 3.05) is 12.3 Å². The van der Waals surface area contributed by atoms with Crippen molar-refractivity contribution >= 4 is 38.7 Å². The summed E-state index contributed by atoms with van der Waals surface area (Å²) in [6.45, 7) is 5.60. The van der Waals surface area contributed by atoms with E-state index >= 15 is 0 Å². The van der Waals surface area contributed by atoms with Crippen LogP contribution in [0.3, 0.4) is 0 Å². The molecule has 1 fully saturated rings. The molecule has 1 aliphatic carbocycles. The highest BCUT2D eigenvalue weighted by molar-refractivity contribution is 7.99. The van der Waals surface area contributed by atoms with E-state index in [9.17, 15) is 13.2 Å². The van der Waals surface area contributed by atoms with Crippen LogP contribution in [0.15, 0.2) is 28.3 Å². The zero-order chi connectivity index (χ0) is 21.0. The average molecular weight is 439 g/mol. The monoisotopic (exact) mass is 438 g/mol. The minimum Gasteiger partial charge on any atom is -0.339 e. The summed E-state index contributed by atoms with van der Waals surface area (Å²) < 4.78 is 25.4. The highest BCUT2D eigenvalue weighted by Crippen LogP contribution is 2.28. The normalized spacial score (nSPS) is 15.7. The lowest BCUT2D eigenvalue weighted by Crippen LogP contribution is -2.42. The van der Waals surface area contributed by atoms with Gasteiger partial charge in [-0.1, -0.05) is 37.9 Å². The molecule has 0 aliphatic heterocycles. The molecule has 2 aromatic rings. The second-order valence-electron chi connectivity index (χ2n) is 7.50. The van der Waals surface area contributed by atoms with Crippen molar-refractivity contribution in [1.82, 2.24) is 14.5 Å². The molecule has 7 nitrogen and oxygen atoms in total. The third kappa shape index (κ3) is 5.13. The lowest BCUT2D eigenvalue weighted by atomic mass is 9.94. The number of aryl methyl sites for hydroxylation is 1. The summed E-state index contributed by atoms with van der Waals surface area (Å²) in [6.07, 6.45) is 6.75. The number of hydrogen-bond donors (Lipinski definition) is 1. The van der Waals surface area contributed by atoms with Gasteiger partial charge in [0.05, 0.1) is 21.7 Å². The van der Waals surface area contributed by atoms with Gasteiger partial charge in [0.25, 0.3) is 0 Å². The van der Waals surface area contributed by atoms with E-state index in [4.69, 9.17) is 5.14 Å². The molecule has 1 saturated carbocycles. The SMILES string of the molecule is CCCn1c(SCC(=O)N(CC)C2CCCCC2)nc2cc(S(N)(=O)=O)ccc21. The Hall–Kier alpha value is -1.58. The summed E-state index contributed by atoms with van der Waals surface area (Å²) in [5.74, 6) is 0.476. The van der Waals surface area contributed by atoms with E-state index in [1.807, 2.05) is 11.8 Å². The summed E-state index contributed by atoms with van der Waals surface area (Å²) in [5, 5.41) is 5.99. The Morgan fingerprint density at radius 2 is 2.00 bits per heavy atom. The molecule has 0 unspecified atom stereocenters. The van der Waals surface area contributed by atoms with E-state index in [0.717, 1.165) is 43.0 Å². The molecular weight excluding hydrogens is 408 g/mol. The predicted molar refractivity (Wildman–Crippen MR) is 116 cm³/mol. The molecular formula is C20H30N4O3S2. The Kier molecular flexibility index (Phi) is 7.23. The minimum absolute atomic E-state index is 0.0493. The van der Waals surface area contributed by atoms with E-state index in [2.05, 4.69) is 16.5 Å². The van der Waals surface area contributed by atoms with Crippen molar-refractivity contribution < 1.29 is 13.2 Å². The van der Waals surface area contributed by atoms with E-state index in [1.54, 1.807) is 6.07 Å². The number of primary sulfonamides is 1. The number of carbonyl (C=O) groups excluding carboxylic acids is 1. The van der Waals surface area contributed by atoms with E-state index in [1.165, 1.54) is 43.2 Å². The van der Waals surface area contributed by atoms with Crippen LogP contribution < -0.4 is 5.14 Å². The van der Waals surface area contributed by atoms with Crippen LogP contribution in [0.1, 0.15) is 52.4 Å². The van der Waals surface area contributed by atoms with Gasteiger partial charge < -0.3 is 9.47 Å². The van der Waals surface area contributed by atoms with Crippen LogP contribution in [-0.4, -0.2) is 47.1 Å². The molecule has 0 radical (unpaired) electrons. The molecule has 1 aromatic carbocycles. The first-order chi connectivity index (χ1) is 13.8. The van der Waals surface area contributed by atoms with Gasteiger partial charge in [-0.15, -0.1) is 0 Å². The third-order valence-corrected chi connectivity index (χ3v) is 7.33. The van der Waals surface area contributed by atoms with Gasteiger partial charge in [0.15, 0.2) is 5.16 Å². The molecule has 1 aliphatic rings. The van der Waals surface area contributed by atoms with Crippen molar-refractivity contribution in [2.24, 2.45) is 5.14 Å². The number of nitrogens with zero attached hydrogens (tertiary/aromatic N) is 3. The Bertz CT molecular complexity index is 966. The molecule has 3 rings (SSSR count). The number of aromatic nitrogens is 2. The lowest BCUT2D eigenvalue weighted by molar-refractivity contribution is -0.131. The Morgan fingerprint density at radius 3 is 2.62 bits per heavy atom. The maximum Gasteiger partial charge on any atom is 0.238 e. The largest absolute Gasteiger partial charge is 0.339 e. The number of amides is 1. The summed E-state index contributed by atoms with van der Waals surface area (Å²) in [5.41, 5.74) is 1.44. The number of rotatable bonds is 8. The average Bonchev–Trinajstić information content (AvgIpc) is 3.04. The summed E-state index contributed by atoms with van der Waals surface area (Å²) in [4.78, 5) is 19.6. The van der Waals surface area contributed by atoms with Crippen molar-refractivity contribution in [3.8, 4) is 0 Å². The number of sulfonamides is 1. The van der Waals surface area contributed by atoms with Gasteiger partial charge >= 0.3 is 0 Å². The molecule has 2 N–H and O–H groups in total. The Balaban J connectivity index is 1.80. The molecule has 29 heavy (non-hydrogen) atoms. The molecule has 1 amide bonds. The van der Waals surface area contributed by atoms with Crippen LogP contribution in [0.4, 0.5) is 0 Å². The van der Waals surface area contributed by atoms with Gasteiger partial charge in [-0.25, -0.2) is 18.5 Å². The number of nitrogens with two attached hydrogens (primary N) is 1. The topological polar surface area (TPSA) is 98.3 Å². The number of fused-ring (bicyclic) bond motifs is 1. The number of carbonyl (C=O) groups is 1. The summed E-state index contributed by atoms with van der Waals surface area (Å²) in [6, 6.07) is 5.11. The van der Waals surface area contributed by atoms with Crippen LogP contribution in [0.2, 0.25) is 0 Å². The highest BCUT2D eigenvalue weighted by Gasteiger charge is 2.24. The lowest BCUT2D eigenvalue weighted by Gasteiger charge is -2.33. The molecule has 0 spiro atoms. The number of benzene rings is 1. The first-order valence-electron chi connectivity index (χ1n) is 10.3. The van der Waals surface area contributed by atoms with Crippen molar-refractivity contribution in [1.29, 1.82) is 0 Å². The molecule has 0 saturated heterocycles. The first-order valence-corrected chi connectivity index (χ1v) is 12.8. The van der Waals surface area contributed by atoms with Gasteiger partial charge in [0.1, 0.15) is 0 Å². The molecule has 160 valence electrons. The van der Waals surface area contributed by atoms with Crippen LogP contribution >= 0.6 is 11.8 Å². The van der Waals surface area contributed by atoms with Crippen LogP contribution in [-0.2, 0) is 21.4 Å². The first kappa shape index (κ1) is 22.1. The van der Waals surface area contributed by atoms with Gasteiger partial charge in [-0.05, 0) is 44.4 Å². The summed E-state index contributed by atoms with van der Waals surface area (Å²) in [7, 11) is -3.78. The van der Waals surface area contributed by atoms with Crippen molar-refractivity contribution in [2.45, 2.75) is 75.0 Å². The molecule has 1 aromatic heterocycles. The molecule has 0 atom stereocenters.